The third-order valence-corrected chi connectivity index (χ3v) is 22.0. The number of nitrogen functional groups attached to an aromatic ring is 1. The number of halogens is 14. The van der Waals surface area contributed by atoms with Crippen molar-refractivity contribution in [1.82, 2.24) is 77.7 Å². The fraction of sp³-hybridized carbons (Fsp3) is 0.209. The number of carbonyl (C=O) groups excluding carboxylic acids is 5. The second-order valence-corrected chi connectivity index (χ2v) is 43.2. The molecular weight excluding hydrogens is 2460 g/mol. The van der Waals surface area contributed by atoms with E-state index in [0.29, 0.717) is 55.7 Å². The summed E-state index contributed by atoms with van der Waals surface area (Å²) in [4.78, 5) is 96.3. The maximum Gasteiger partial charge on any atom is 1.00 e. The standard InChI is InChI=1S/C14H10ClN3O.C12H18BNO3.C12H7BrClN3O.C8H15BO2.C8H9BrN2O4.C6H2BrCl2N3.C6H4BrN3O2.C6H7BrN2O2.C6H6BrNO2.C6H6O.C2H3ClO2.Cl3OP.Na/c1-2-10-8-12-13(16-14(15)17-18(12)9-10)19-11-6-4-3-5-7-11;1-11(2)12(3,4)17-13(16-11)9-7-6-8-10(14-9)15-5;13-8-6-10-11(15-12(14)16-17(10)7-8)18-9-4-2-1-3-5-9;1-6-9-10-7(2,3)8(4,5)11-9;1-14-7(12)6-3-5(9)4-11(6)10-8(13)15-2;7-3-1-4-5(8)10-6(9)11-12(4)2-3;7-3-1-4-5(11)8-6(12)9-10(4)2-3;1-11-6(10)5-2-4(7)3-9(5)8;1-10-6(9)5-2-4(7)3-8-5;7-6-4-2-1-3-5-6;1-5-2(3)4;1-5(2,3)4;/h2-9H,1H2;6-8H,1-5H3;1-7H;6H,1H2,2-5H3;3-4H,1-2H3,(H,10,13);1-2H;1-2H,(H2,8,9,11,12);2-3H,8H2,1H3;2-3,8H,1H3;1-5,7H;1H3;;/q;;;;;;;;;;;;+1/p-1. The summed E-state index contributed by atoms with van der Waals surface area (Å²) in [6.45, 7) is 23.5. The number of rotatable bonds is 12. The van der Waals surface area contributed by atoms with Crippen LogP contribution in [0.15, 0.2) is 251 Å². The number of amides is 1. The van der Waals surface area contributed by atoms with Crippen LogP contribution in [0.1, 0.15) is 92.4 Å². The smallest absolute Gasteiger partial charge is 0.872 e. The minimum atomic E-state index is -3.22. The number of aromatic amines is 3. The van der Waals surface area contributed by atoms with Crippen LogP contribution in [0.3, 0.4) is 0 Å². The van der Waals surface area contributed by atoms with Crippen LogP contribution < -0.4 is 77.0 Å². The molecule has 2 fully saturated rings. The van der Waals surface area contributed by atoms with E-state index in [9.17, 15) is 43.2 Å². The Bertz CT molecular complexity index is 6910. The number of methoxy groups -OCH3 is 6. The molecule has 57 heteroatoms. The second-order valence-electron chi connectivity index (χ2n) is 29.3. The van der Waals surface area contributed by atoms with Crippen LogP contribution in [0.4, 0.5) is 9.59 Å². The van der Waals surface area contributed by atoms with Crippen LogP contribution in [0.25, 0.3) is 28.1 Å². The second kappa shape index (κ2) is 58.9. The summed E-state index contributed by atoms with van der Waals surface area (Å²) in [6.07, 6.45) is 12.8. The summed E-state index contributed by atoms with van der Waals surface area (Å²) in [5.41, 5.74) is 4.73. The van der Waals surface area contributed by atoms with Gasteiger partial charge in [0.1, 0.15) is 50.6 Å². The predicted octanol–water partition coefficient (Wildman–Crippen LogP) is 19.1. The molecule has 0 saturated carbocycles. The van der Waals surface area contributed by atoms with Crippen molar-refractivity contribution in [3.8, 4) is 34.9 Å². The van der Waals surface area contributed by atoms with Crippen LogP contribution in [-0.4, -0.2) is 186 Å². The van der Waals surface area contributed by atoms with Gasteiger partial charge in [-0.1, -0.05) is 103 Å². The first-order valence-corrected chi connectivity index (χ1v) is 50.9. The van der Waals surface area contributed by atoms with Gasteiger partial charge in [-0.2, -0.15) is 9.97 Å². The van der Waals surface area contributed by atoms with Gasteiger partial charge in [0.25, 0.3) is 5.56 Å². The van der Waals surface area contributed by atoms with Gasteiger partial charge in [-0.3, -0.25) is 23.5 Å². The van der Waals surface area contributed by atoms with Gasteiger partial charge in [-0.05, 0) is 298 Å². The molecular formula is C86H86B2Br6Cl8N18NaO21P. The fourth-order valence-electron chi connectivity index (χ4n) is 10.5. The van der Waals surface area contributed by atoms with Crippen LogP contribution in [0.2, 0.25) is 21.0 Å². The van der Waals surface area contributed by atoms with Crippen LogP contribution >= 0.6 is 193 Å². The molecule has 14 heterocycles. The van der Waals surface area contributed by atoms with E-state index in [4.69, 9.17) is 85.1 Å². The molecule has 12 aromatic heterocycles. The zero-order valence-corrected chi connectivity index (χ0v) is 96.4. The van der Waals surface area contributed by atoms with E-state index < -0.39 is 47.0 Å². The number of fused-ring (bicyclic) bond motifs is 4. The summed E-state index contributed by atoms with van der Waals surface area (Å²) in [5.74, 6) is 8.59. The number of hydrogen-bond acceptors (Lipinski definition) is 29. The van der Waals surface area contributed by atoms with Gasteiger partial charge >= 0.3 is 84.1 Å². The number of aromatic nitrogens is 16. The van der Waals surface area contributed by atoms with Gasteiger partial charge in [-0.15, -0.1) is 27.6 Å². The maximum absolute atomic E-state index is 11.3. The molecule has 0 bridgehead atoms. The van der Waals surface area contributed by atoms with Crippen molar-refractivity contribution in [2.45, 2.75) is 77.8 Å². The molecule has 143 heavy (non-hydrogen) atoms. The van der Waals surface area contributed by atoms with E-state index in [1.54, 1.807) is 100 Å². The monoisotopic (exact) mass is 2540 g/mol. The molecule has 0 radical (unpaired) electrons. The van der Waals surface area contributed by atoms with Crippen LogP contribution in [0, 0.1) is 0 Å². The molecule has 17 rings (SSSR count). The topological polar surface area (TPSA) is 474 Å². The van der Waals surface area contributed by atoms with Crippen molar-refractivity contribution >= 4 is 270 Å². The molecule has 2 aliphatic heterocycles. The summed E-state index contributed by atoms with van der Waals surface area (Å²) in [6, 6.07) is 44.7. The number of hydrogen-bond donors (Lipinski definition) is 5. The number of carbonyl (C=O) groups is 5. The molecule has 2 saturated heterocycles. The number of para-hydroxylation sites is 3. The third-order valence-electron chi connectivity index (χ3n) is 18.4. The van der Waals surface area contributed by atoms with E-state index in [1.807, 2.05) is 159 Å². The Kier molecular flexibility index (Phi) is 51.2. The summed E-state index contributed by atoms with van der Waals surface area (Å²) in [7, 11) is 7.26. The first kappa shape index (κ1) is 124. The van der Waals surface area contributed by atoms with Crippen molar-refractivity contribution in [2.24, 2.45) is 0 Å². The average molecular weight is 2550 g/mol. The Hall–Kier alpha value is -9.24. The van der Waals surface area contributed by atoms with E-state index in [0.717, 1.165) is 50.1 Å². The van der Waals surface area contributed by atoms with Gasteiger partial charge in [0.15, 0.2) is 5.15 Å². The quantitative estimate of drug-likeness (QED) is 0.0189. The molecule has 3 aromatic carbocycles. The number of nitrogens with one attached hydrogen (secondary N) is 4. The van der Waals surface area contributed by atoms with Gasteiger partial charge in [0.2, 0.25) is 33.5 Å². The minimum absolute atomic E-state index is 0. The van der Waals surface area contributed by atoms with Crippen molar-refractivity contribution in [1.29, 1.82) is 0 Å². The van der Waals surface area contributed by atoms with Gasteiger partial charge in [0.05, 0.1) is 70.7 Å². The molecule has 0 spiro atoms. The minimum Gasteiger partial charge on any atom is -0.872 e. The first-order valence-electron chi connectivity index (χ1n) is 39.9. The summed E-state index contributed by atoms with van der Waals surface area (Å²) < 4.78 is 84.1. The average Bonchev–Trinajstić information content (AvgIpc) is 1.63. The Labute approximate surface area is 930 Å². The van der Waals surface area contributed by atoms with Gasteiger partial charge in [0, 0.05) is 87.9 Å². The van der Waals surface area contributed by atoms with E-state index in [-0.39, 0.29) is 92.3 Å². The molecule has 1 amide bonds. The van der Waals surface area contributed by atoms with Crippen molar-refractivity contribution in [2.75, 3.05) is 53.9 Å². The molecule has 39 nitrogen and oxygen atoms in total. The van der Waals surface area contributed by atoms with Crippen LogP contribution in [0.5, 0.6) is 34.9 Å². The number of ether oxygens (including phenoxy) is 8. The van der Waals surface area contributed by atoms with Crippen molar-refractivity contribution < 1.29 is 120 Å². The molecule has 15 aromatic rings. The fourth-order valence-corrected chi connectivity index (χ4v) is 13.7. The summed E-state index contributed by atoms with van der Waals surface area (Å²) >= 11 is 61.0. The molecule has 0 atom stereocenters. The maximum atomic E-state index is 11.3. The molecule has 2 aliphatic rings. The number of nitrogens with zero attached hydrogens (tertiary/aromatic N) is 13. The molecule has 6 N–H and O–H groups in total. The Morgan fingerprint density at radius 3 is 1.39 bits per heavy atom. The largest absolute Gasteiger partial charge is 1.00 e. The van der Waals surface area contributed by atoms with Gasteiger partial charge in [-0.25, -0.2) is 67.5 Å². The zero-order chi connectivity index (χ0) is 106. The summed E-state index contributed by atoms with van der Waals surface area (Å²) in [5, 5.41) is 22.3. The Morgan fingerprint density at radius 2 is 0.958 bits per heavy atom. The Balaban J connectivity index is 0.000000279. The zero-order valence-electron chi connectivity index (χ0n) is 77.9. The van der Waals surface area contributed by atoms with E-state index >= 15 is 0 Å². The van der Waals surface area contributed by atoms with E-state index in [2.05, 4.69) is 233 Å². The van der Waals surface area contributed by atoms with Crippen molar-refractivity contribution in [3.05, 3.63) is 305 Å². The number of esters is 3. The number of benzene rings is 3. The third kappa shape index (κ3) is 40.8. The number of H-pyrrole nitrogens is 3. The molecule has 0 unspecified atom stereocenters. The predicted molar refractivity (Wildman–Crippen MR) is 565 cm³/mol. The molecule has 756 valence electrons. The van der Waals surface area contributed by atoms with Gasteiger partial charge < -0.3 is 72.4 Å². The first-order chi connectivity index (χ1) is 66.7. The normalized spacial score (nSPS) is 12.7. The number of pyridine rings is 1. The molecule has 0 aliphatic carbocycles. The Morgan fingerprint density at radius 1 is 0.524 bits per heavy atom. The van der Waals surface area contributed by atoms with E-state index in [1.165, 1.54) is 73.8 Å². The van der Waals surface area contributed by atoms with Crippen molar-refractivity contribution in [3.63, 3.8) is 0 Å². The number of nitrogens with two attached hydrogens (primary N) is 1. The SMILES string of the molecule is C=CB1OC(C)(C)C(C)(C)O1.C=Cc1cc2c(Oc3ccccc3)nc(Cl)nn2c1.COC(=O)Cl.COC(=O)Nn1cc(Br)cc1C(=O)OC.COC(=O)c1cc(Br)c[nH]1.COC(=O)c1cc(Br)cn1N.COc1cccc(B2OC(C)(C)C(C)(C)O2)n1.Clc1nc(Cl)c2cc(Br)cn2n1.Clc1nc(Oc2ccccc2)c2cc(Br)cn2n1.O=P(Cl)(Cl)Cl.O=c1[nH]c(=O)c2cc(Br)cn2[nH]1.[Na+].[O-]c1ccccc1. The van der Waals surface area contributed by atoms with Crippen LogP contribution in [-0.2, 0) is 46.9 Å².